The Labute approximate surface area is 184 Å². The molecule has 3 heterocycles. The maximum atomic E-state index is 14.2. The van der Waals surface area contributed by atoms with E-state index in [-0.39, 0.29) is 5.82 Å². The van der Waals surface area contributed by atoms with Crippen molar-refractivity contribution in [2.75, 3.05) is 12.3 Å². The highest BCUT2D eigenvalue weighted by molar-refractivity contribution is 6.29. The molecule has 0 radical (unpaired) electrons. The van der Waals surface area contributed by atoms with Gasteiger partial charge in [-0.2, -0.15) is 5.10 Å². The van der Waals surface area contributed by atoms with E-state index in [0.717, 1.165) is 17.0 Å². The third-order valence-electron chi connectivity index (χ3n) is 5.10. The third kappa shape index (κ3) is 3.98. The van der Waals surface area contributed by atoms with E-state index in [0.29, 0.717) is 40.7 Å². The number of allylic oxidation sites excluding steroid dienone is 1. The fourth-order valence-electron chi connectivity index (χ4n) is 3.69. The van der Waals surface area contributed by atoms with Crippen LogP contribution in [0, 0.1) is 11.2 Å². The van der Waals surface area contributed by atoms with Crippen LogP contribution in [0.15, 0.2) is 42.1 Å². The van der Waals surface area contributed by atoms with Crippen LogP contribution in [0.5, 0.6) is 5.75 Å². The number of halogens is 2. The molecule has 1 aliphatic rings. The minimum Gasteiger partial charge on any atom is -0.482 e. The smallest absolute Gasteiger partial charge is 0.166 e. The number of pyridine rings is 1. The van der Waals surface area contributed by atoms with Crippen LogP contribution < -0.4 is 15.8 Å². The van der Waals surface area contributed by atoms with E-state index in [1.165, 1.54) is 18.3 Å². The molecule has 0 saturated carbocycles. The number of hydrogen-bond acceptors (Lipinski definition) is 6. The van der Waals surface area contributed by atoms with Crippen molar-refractivity contribution in [2.45, 2.75) is 26.4 Å². The van der Waals surface area contributed by atoms with Gasteiger partial charge in [0.05, 0.1) is 11.4 Å². The number of rotatable bonds is 3. The van der Waals surface area contributed by atoms with Crippen molar-refractivity contribution in [3.63, 3.8) is 0 Å². The van der Waals surface area contributed by atoms with Crippen LogP contribution in [0.25, 0.3) is 11.4 Å². The molecule has 0 amide bonds. The molecular formula is C22H22ClFN6O. The van der Waals surface area contributed by atoms with Gasteiger partial charge in [0.1, 0.15) is 11.9 Å². The van der Waals surface area contributed by atoms with Crippen LogP contribution in [0.4, 0.5) is 10.2 Å². The van der Waals surface area contributed by atoms with Crippen molar-refractivity contribution < 1.29 is 9.13 Å². The Morgan fingerprint density at radius 1 is 1.39 bits per heavy atom. The Morgan fingerprint density at radius 3 is 2.94 bits per heavy atom. The quantitative estimate of drug-likeness (QED) is 0.527. The number of ether oxygens (including phenoxy) is 1. The number of fused-ring (bicyclic) bond motifs is 5. The van der Waals surface area contributed by atoms with Gasteiger partial charge in [0.2, 0.25) is 0 Å². The predicted octanol–water partition coefficient (Wildman–Crippen LogP) is 4.31. The topological polar surface area (TPSA) is 102 Å². The van der Waals surface area contributed by atoms with Crippen LogP contribution >= 0.6 is 11.6 Å². The largest absolute Gasteiger partial charge is 0.482 e. The molecule has 9 heteroatoms. The van der Waals surface area contributed by atoms with Gasteiger partial charge in [-0.15, -0.1) is 0 Å². The lowest BCUT2D eigenvalue weighted by molar-refractivity contribution is 0.226. The van der Waals surface area contributed by atoms with Gasteiger partial charge < -0.3 is 21.2 Å². The highest BCUT2D eigenvalue weighted by Gasteiger charge is 2.22. The van der Waals surface area contributed by atoms with Crippen LogP contribution in [0.2, 0.25) is 5.15 Å². The molecule has 0 fully saturated rings. The number of nitrogens with one attached hydrogen (secondary N) is 2. The summed E-state index contributed by atoms with van der Waals surface area (Å²) in [5, 5.41) is 16.1. The Morgan fingerprint density at radius 2 is 2.19 bits per heavy atom. The average Bonchev–Trinajstić information content (AvgIpc) is 3.11. The van der Waals surface area contributed by atoms with E-state index in [1.54, 1.807) is 29.1 Å². The number of benzene rings is 1. The van der Waals surface area contributed by atoms with E-state index in [2.05, 4.69) is 15.4 Å². The zero-order valence-electron chi connectivity index (χ0n) is 17.1. The summed E-state index contributed by atoms with van der Waals surface area (Å²) in [6.07, 6.45) is 2.75. The number of aromatic nitrogens is 3. The van der Waals surface area contributed by atoms with Crippen LogP contribution in [-0.4, -0.2) is 27.5 Å². The first-order valence-corrected chi connectivity index (χ1v) is 10.2. The zero-order valence-corrected chi connectivity index (χ0v) is 17.9. The second-order valence-electron chi connectivity index (χ2n) is 7.19. The minimum atomic E-state index is -0.547. The summed E-state index contributed by atoms with van der Waals surface area (Å²) >= 11 is 6.25. The molecule has 0 unspecified atom stereocenters. The summed E-state index contributed by atoms with van der Waals surface area (Å²) in [7, 11) is 0. The normalized spacial score (nSPS) is 18.1. The summed E-state index contributed by atoms with van der Waals surface area (Å²) in [6.45, 7) is 4.43. The molecule has 4 rings (SSSR count). The maximum Gasteiger partial charge on any atom is 0.166 e. The van der Waals surface area contributed by atoms with Crippen LogP contribution in [0.3, 0.4) is 0 Å². The highest BCUT2D eigenvalue weighted by atomic mass is 35.5. The lowest BCUT2D eigenvalue weighted by Crippen LogP contribution is -2.18. The molecule has 1 aromatic carbocycles. The Balaban J connectivity index is 2.03. The summed E-state index contributed by atoms with van der Waals surface area (Å²) in [5.74, 6) is 0.204. The molecule has 0 spiro atoms. The summed E-state index contributed by atoms with van der Waals surface area (Å²) in [6, 6.07) is 7.94. The van der Waals surface area contributed by atoms with Gasteiger partial charge in [-0.25, -0.2) is 14.1 Å². The van der Waals surface area contributed by atoms with E-state index in [4.69, 9.17) is 27.5 Å². The summed E-state index contributed by atoms with van der Waals surface area (Å²) in [4.78, 5) is 4.28. The summed E-state index contributed by atoms with van der Waals surface area (Å²) in [5.41, 5.74) is 10.2. The monoisotopic (exact) mass is 440 g/mol. The molecule has 7 nitrogen and oxygen atoms in total. The van der Waals surface area contributed by atoms with E-state index in [1.807, 2.05) is 13.8 Å². The number of anilines is 1. The molecule has 1 aliphatic heterocycles. The number of nitrogen functional groups attached to an aromatic ring is 1. The van der Waals surface area contributed by atoms with E-state index < -0.39 is 11.9 Å². The molecule has 160 valence electrons. The molecule has 3 aromatic rings. The molecule has 2 aromatic heterocycles. The van der Waals surface area contributed by atoms with Crippen molar-refractivity contribution in [3.05, 3.63) is 69.9 Å². The SMILES string of the molecule is CCN/C1=C(\C=N)Cc2cc(Cl)nn2-c2ccc(F)cc2[C@@H](C)Oc2cc1cnc2N. The van der Waals surface area contributed by atoms with Gasteiger partial charge in [-0.1, -0.05) is 11.6 Å². The van der Waals surface area contributed by atoms with Gasteiger partial charge >= 0.3 is 0 Å². The number of nitrogens with zero attached hydrogens (tertiary/aromatic N) is 3. The standard InChI is InChI=1S/C22H22ClFN6O/c1-3-27-21-13(10-25)6-16-9-20(23)29-30(16)18-5-4-15(24)8-17(18)12(2)31-19-7-14(21)11-28-22(19)26/h4-5,7-12,25,27H,3,6H2,1-2H3,(H2,26,28)/b21-13-,25-10?/t12-/m1/s1. The van der Waals surface area contributed by atoms with Gasteiger partial charge in [0.25, 0.3) is 0 Å². The Kier molecular flexibility index (Phi) is 5.65. The zero-order chi connectivity index (χ0) is 22.1. The first kappa shape index (κ1) is 20.9. The molecule has 1 atom stereocenters. The Bertz CT molecular complexity index is 1190. The molecular weight excluding hydrogens is 419 g/mol. The van der Waals surface area contributed by atoms with Gasteiger partial charge in [-0.05, 0) is 49.8 Å². The average molecular weight is 441 g/mol. The fraction of sp³-hybridized carbons (Fsp3) is 0.227. The van der Waals surface area contributed by atoms with Crippen molar-refractivity contribution in [1.29, 1.82) is 5.41 Å². The fourth-order valence-corrected chi connectivity index (χ4v) is 3.89. The second kappa shape index (κ2) is 8.39. The van der Waals surface area contributed by atoms with Crippen molar-refractivity contribution in [1.82, 2.24) is 20.1 Å². The minimum absolute atomic E-state index is 0.223. The van der Waals surface area contributed by atoms with Crippen molar-refractivity contribution in [2.24, 2.45) is 0 Å². The first-order chi connectivity index (χ1) is 14.9. The van der Waals surface area contributed by atoms with Crippen LogP contribution in [-0.2, 0) is 6.42 Å². The third-order valence-corrected chi connectivity index (χ3v) is 5.29. The number of hydrogen-bond donors (Lipinski definition) is 3. The number of nitrogens with two attached hydrogens (primary N) is 1. The lowest BCUT2D eigenvalue weighted by atomic mass is 10.0. The molecule has 0 aliphatic carbocycles. The maximum absolute atomic E-state index is 14.2. The molecule has 4 N–H and O–H groups in total. The first-order valence-electron chi connectivity index (χ1n) is 9.85. The van der Waals surface area contributed by atoms with Gasteiger partial charge in [0, 0.05) is 42.2 Å². The van der Waals surface area contributed by atoms with Crippen LogP contribution in [0.1, 0.15) is 36.8 Å². The predicted molar refractivity (Wildman–Crippen MR) is 119 cm³/mol. The highest BCUT2D eigenvalue weighted by Crippen LogP contribution is 2.34. The van der Waals surface area contributed by atoms with Crippen molar-refractivity contribution in [3.8, 4) is 11.4 Å². The Hall–Kier alpha value is -3.39. The molecule has 2 bridgehead atoms. The summed E-state index contributed by atoms with van der Waals surface area (Å²) < 4.78 is 22.0. The van der Waals surface area contributed by atoms with E-state index in [9.17, 15) is 4.39 Å². The van der Waals surface area contributed by atoms with E-state index >= 15 is 0 Å². The molecule has 0 saturated heterocycles. The van der Waals surface area contributed by atoms with Gasteiger partial charge in [0.15, 0.2) is 16.7 Å². The second-order valence-corrected chi connectivity index (χ2v) is 7.58. The lowest BCUT2D eigenvalue weighted by Gasteiger charge is -2.22. The van der Waals surface area contributed by atoms with Crippen molar-refractivity contribution >= 4 is 29.3 Å². The molecule has 31 heavy (non-hydrogen) atoms. The van der Waals surface area contributed by atoms with Gasteiger partial charge in [-0.3, -0.25) is 0 Å².